The second-order valence-corrected chi connectivity index (χ2v) is 8.01. The van der Waals surface area contributed by atoms with Crippen molar-refractivity contribution in [1.82, 2.24) is 19.9 Å². The van der Waals surface area contributed by atoms with Crippen LogP contribution in [0.25, 0.3) is 11.2 Å². The number of fused-ring (bicyclic) bond motifs is 1. The Morgan fingerprint density at radius 2 is 1.97 bits per heavy atom. The van der Waals surface area contributed by atoms with Gasteiger partial charge in [-0.25, -0.2) is 4.98 Å². The number of amides is 1. The zero-order valence-electron chi connectivity index (χ0n) is 16.6. The number of piperidine rings is 1. The SMILES string of the molecule is Cc1ccc2oc(N3CCC(C(=O)N4CCCC4c4cccnc4)CC3)nc2n1. The van der Waals surface area contributed by atoms with Crippen LogP contribution in [0.4, 0.5) is 6.01 Å². The Morgan fingerprint density at radius 3 is 2.76 bits per heavy atom. The van der Waals surface area contributed by atoms with Crippen LogP contribution in [0.2, 0.25) is 0 Å². The van der Waals surface area contributed by atoms with Crippen LogP contribution in [0, 0.1) is 12.8 Å². The minimum Gasteiger partial charge on any atom is -0.422 e. The Morgan fingerprint density at radius 1 is 1.10 bits per heavy atom. The molecule has 0 N–H and O–H groups in total. The number of rotatable bonds is 3. The minimum atomic E-state index is 0.0632. The van der Waals surface area contributed by atoms with E-state index in [4.69, 9.17) is 4.42 Å². The van der Waals surface area contributed by atoms with E-state index in [9.17, 15) is 4.79 Å². The average Bonchev–Trinajstić information content (AvgIpc) is 3.41. The molecule has 0 bridgehead atoms. The zero-order valence-corrected chi connectivity index (χ0v) is 16.6. The first-order chi connectivity index (χ1) is 14.2. The second-order valence-electron chi connectivity index (χ2n) is 8.01. The summed E-state index contributed by atoms with van der Waals surface area (Å²) >= 11 is 0. The number of anilines is 1. The Balaban J connectivity index is 1.25. The van der Waals surface area contributed by atoms with E-state index < -0.39 is 0 Å². The molecule has 1 atom stereocenters. The highest BCUT2D eigenvalue weighted by molar-refractivity contribution is 5.80. The quantitative estimate of drug-likeness (QED) is 0.680. The first kappa shape index (κ1) is 18.1. The van der Waals surface area contributed by atoms with E-state index in [1.54, 1.807) is 6.20 Å². The van der Waals surface area contributed by atoms with Gasteiger partial charge in [0.05, 0.1) is 6.04 Å². The van der Waals surface area contributed by atoms with Gasteiger partial charge in [0.15, 0.2) is 5.58 Å². The highest BCUT2D eigenvalue weighted by Crippen LogP contribution is 2.35. The summed E-state index contributed by atoms with van der Waals surface area (Å²) in [6.07, 6.45) is 7.39. The molecule has 1 amide bonds. The van der Waals surface area contributed by atoms with Gasteiger partial charge in [-0.3, -0.25) is 9.78 Å². The molecule has 2 saturated heterocycles. The molecule has 2 aliphatic heterocycles. The summed E-state index contributed by atoms with van der Waals surface area (Å²) in [4.78, 5) is 30.6. The normalized spacial score (nSPS) is 20.5. The standard InChI is InChI=1S/C22H25N5O2/c1-15-6-7-19-20(24-15)25-22(29-19)26-12-8-16(9-13-26)21(28)27-11-3-5-18(27)17-4-2-10-23-14-17/h2,4,6-7,10,14,16,18H,3,5,8-9,11-13H2,1H3. The van der Waals surface area contributed by atoms with E-state index in [-0.39, 0.29) is 17.9 Å². The predicted octanol–water partition coefficient (Wildman–Crippen LogP) is 3.51. The summed E-state index contributed by atoms with van der Waals surface area (Å²) in [5.41, 5.74) is 3.43. The third-order valence-corrected chi connectivity index (χ3v) is 6.10. The van der Waals surface area contributed by atoms with Crippen molar-refractivity contribution in [2.75, 3.05) is 24.5 Å². The number of aryl methyl sites for hydroxylation is 1. The molecule has 3 aromatic heterocycles. The molecule has 0 aromatic carbocycles. The lowest BCUT2D eigenvalue weighted by atomic mass is 9.94. The third-order valence-electron chi connectivity index (χ3n) is 6.10. The molecule has 29 heavy (non-hydrogen) atoms. The van der Waals surface area contributed by atoms with E-state index in [1.165, 1.54) is 0 Å². The molecule has 0 aliphatic carbocycles. The number of oxazole rings is 1. The van der Waals surface area contributed by atoms with Crippen LogP contribution in [0.15, 0.2) is 41.1 Å². The Labute approximate surface area is 169 Å². The molecule has 0 saturated carbocycles. The Kier molecular flexibility index (Phi) is 4.66. The lowest BCUT2D eigenvalue weighted by Gasteiger charge is -2.34. The van der Waals surface area contributed by atoms with Crippen molar-refractivity contribution >= 4 is 23.2 Å². The van der Waals surface area contributed by atoms with Crippen LogP contribution in [0.5, 0.6) is 0 Å². The number of carbonyl (C=O) groups excluding carboxylic acids is 1. The summed E-state index contributed by atoms with van der Waals surface area (Å²) in [5.74, 6) is 0.346. The van der Waals surface area contributed by atoms with Crippen molar-refractivity contribution < 1.29 is 9.21 Å². The molecule has 0 spiro atoms. The molecular formula is C22H25N5O2. The van der Waals surface area contributed by atoms with Gasteiger partial charge in [0.1, 0.15) is 0 Å². The molecule has 7 heteroatoms. The maximum absolute atomic E-state index is 13.2. The number of pyridine rings is 2. The van der Waals surface area contributed by atoms with Crippen LogP contribution < -0.4 is 4.90 Å². The highest BCUT2D eigenvalue weighted by atomic mass is 16.4. The van der Waals surface area contributed by atoms with Crippen molar-refractivity contribution in [2.45, 2.75) is 38.6 Å². The molecule has 3 aromatic rings. The number of nitrogens with zero attached hydrogens (tertiary/aromatic N) is 5. The number of carbonyl (C=O) groups is 1. The first-order valence-corrected chi connectivity index (χ1v) is 10.4. The van der Waals surface area contributed by atoms with Crippen molar-refractivity contribution in [3.05, 3.63) is 47.9 Å². The average molecular weight is 391 g/mol. The number of aromatic nitrogens is 3. The lowest BCUT2D eigenvalue weighted by Crippen LogP contribution is -2.42. The van der Waals surface area contributed by atoms with Crippen LogP contribution in [-0.4, -0.2) is 45.4 Å². The summed E-state index contributed by atoms with van der Waals surface area (Å²) in [7, 11) is 0. The van der Waals surface area contributed by atoms with E-state index in [0.717, 1.165) is 56.6 Å². The second kappa shape index (κ2) is 7.46. The largest absolute Gasteiger partial charge is 0.422 e. The molecule has 150 valence electrons. The van der Waals surface area contributed by atoms with Crippen LogP contribution in [0.3, 0.4) is 0 Å². The number of likely N-dealkylation sites (tertiary alicyclic amines) is 1. The molecule has 2 aliphatic rings. The highest BCUT2D eigenvalue weighted by Gasteiger charge is 2.36. The summed E-state index contributed by atoms with van der Waals surface area (Å²) in [5, 5.41) is 0. The topological polar surface area (TPSA) is 75.4 Å². The molecule has 7 nitrogen and oxygen atoms in total. The smallest absolute Gasteiger partial charge is 0.299 e. The first-order valence-electron chi connectivity index (χ1n) is 10.4. The molecule has 5 rings (SSSR count). The van der Waals surface area contributed by atoms with Gasteiger partial charge in [0.25, 0.3) is 6.01 Å². The van der Waals surface area contributed by atoms with Gasteiger partial charge in [-0.05, 0) is 56.4 Å². The molecule has 1 unspecified atom stereocenters. The monoisotopic (exact) mass is 391 g/mol. The van der Waals surface area contributed by atoms with Gasteiger partial charge in [-0.2, -0.15) is 4.98 Å². The van der Waals surface area contributed by atoms with Gasteiger partial charge in [0, 0.05) is 43.6 Å². The van der Waals surface area contributed by atoms with Crippen LogP contribution in [0.1, 0.15) is 43.0 Å². The Hall–Kier alpha value is -2.96. The lowest BCUT2D eigenvalue weighted by molar-refractivity contribution is -0.137. The summed E-state index contributed by atoms with van der Waals surface area (Å²) < 4.78 is 5.88. The zero-order chi connectivity index (χ0) is 19.8. The van der Waals surface area contributed by atoms with Gasteiger partial charge in [-0.1, -0.05) is 6.07 Å². The summed E-state index contributed by atoms with van der Waals surface area (Å²) in [6.45, 7) is 4.33. The van der Waals surface area contributed by atoms with E-state index in [0.29, 0.717) is 17.2 Å². The van der Waals surface area contributed by atoms with E-state index in [2.05, 4.69) is 30.8 Å². The maximum atomic E-state index is 13.2. The molecule has 2 fully saturated rings. The fourth-order valence-corrected chi connectivity index (χ4v) is 4.54. The fraction of sp³-hybridized carbons (Fsp3) is 0.455. The van der Waals surface area contributed by atoms with Gasteiger partial charge in [0.2, 0.25) is 11.6 Å². The van der Waals surface area contributed by atoms with E-state index in [1.807, 2.05) is 31.3 Å². The van der Waals surface area contributed by atoms with Crippen molar-refractivity contribution in [2.24, 2.45) is 5.92 Å². The Bertz CT molecular complexity index is 1010. The van der Waals surface area contributed by atoms with Crippen molar-refractivity contribution in [3.63, 3.8) is 0 Å². The molecule has 5 heterocycles. The van der Waals surface area contributed by atoms with Gasteiger partial charge < -0.3 is 14.2 Å². The maximum Gasteiger partial charge on any atom is 0.299 e. The molecular weight excluding hydrogens is 366 g/mol. The van der Waals surface area contributed by atoms with Gasteiger partial charge >= 0.3 is 0 Å². The van der Waals surface area contributed by atoms with Crippen LogP contribution >= 0.6 is 0 Å². The minimum absolute atomic E-state index is 0.0632. The fourth-order valence-electron chi connectivity index (χ4n) is 4.54. The third kappa shape index (κ3) is 3.45. The number of hydrogen-bond acceptors (Lipinski definition) is 6. The van der Waals surface area contributed by atoms with Crippen LogP contribution in [-0.2, 0) is 4.79 Å². The predicted molar refractivity (Wildman–Crippen MR) is 109 cm³/mol. The van der Waals surface area contributed by atoms with Crippen molar-refractivity contribution in [1.29, 1.82) is 0 Å². The van der Waals surface area contributed by atoms with E-state index >= 15 is 0 Å². The van der Waals surface area contributed by atoms with Crippen molar-refractivity contribution in [3.8, 4) is 0 Å². The molecule has 0 radical (unpaired) electrons. The van der Waals surface area contributed by atoms with Gasteiger partial charge in [-0.15, -0.1) is 0 Å². The number of hydrogen-bond donors (Lipinski definition) is 0. The summed E-state index contributed by atoms with van der Waals surface area (Å²) in [6, 6.07) is 8.65.